The van der Waals surface area contributed by atoms with Crippen molar-refractivity contribution in [3.05, 3.63) is 33.8 Å². The Morgan fingerprint density at radius 3 is 2.70 bits per heavy atom. The molecule has 2 rings (SSSR count). The summed E-state index contributed by atoms with van der Waals surface area (Å²) in [6, 6.07) is 4.64. The highest BCUT2D eigenvalue weighted by atomic mass is 35.5. The van der Waals surface area contributed by atoms with Gasteiger partial charge in [-0.15, -0.1) is 0 Å². The van der Waals surface area contributed by atoms with Crippen molar-refractivity contribution in [2.24, 2.45) is 11.8 Å². The molecule has 1 aromatic rings. The molecule has 1 saturated carbocycles. The number of benzene rings is 1. The number of hydrogen-bond donors (Lipinski definition) is 1. The minimum Gasteiger partial charge on any atom is -0.452 e. The van der Waals surface area contributed by atoms with Gasteiger partial charge in [0.05, 0.1) is 10.6 Å². The molecule has 6 heteroatoms. The second-order valence-electron chi connectivity index (χ2n) is 6.14. The number of esters is 1. The Balaban J connectivity index is 1.85. The third-order valence-corrected chi connectivity index (χ3v) is 5.09. The zero-order valence-corrected chi connectivity index (χ0v) is 14.8. The Kier molecular flexibility index (Phi) is 6.31. The number of nitrogens with one attached hydrogen (secondary N) is 1. The van der Waals surface area contributed by atoms with Gasteiger partial charge >= 0.3 is 5.97 Å². The number of carbonyl (C=O) groups excluding carboxylic acids is 2. The van der Waals surface area contributed by atoms with E-state index in [0.29, 0.717) is 16.9 Å². The van der Waals surface area contributed by atoms with E-state index in [9.17, 15) is 9.59 Å². The molecule has 0 aromatic heterocycles. The Labute approximate surface area is 146 Å². The lowest BCUT2D eigenvalue weighted by atomic mass is 9.78. The Hall–Kier alpha value is -1.26. The van der Waals surface area contributed by atoms with Gasteiger partial charge in [-0.3, -0.25) is 4.79 Å². The van der Waals surface area contributed by atoms with Crippen LogP contribution >= 0.6 is 23.2 Å². The summed E-state index contributed by atoms with van der Waals surface area (Å²) in [4.78, 5) is 24.0. The van der Waals surface area contributed by atoms with Gasteiger partial charge in [0.15, 0.2) is 6.61 Å². The van der Waals surface area contributed by atoms with Crippen LogP contribution in [0.25, 0.3) is 0 Å². The normalized spacial score (nSPS) is 24.1. The van der Waals surface area contributed by atoms with Gasteiger partial charge in [0, 0.05) is 11.1 Å². The SMILES string of the molecule is C[C@H]1[C@@H](NC(=O)COC(=O)c2ccc(Cl)cc2Cl)CCC[C@@H]1C. The van der Waals surface area contributed by atoms with Crippen LogP contribution in [-0.4, -0.2) is 24.5 Å². The van der Waals surface area contributed by atoms with Gasteiger partial charge < -0.3 is 10.1 Å². The van der Waals surface area contributed by atoms with Crippen molar-refractivity contribution in [2.45, 2.75) is 39.2 Å². The summed E-state index contributed by atoms with van der Waals surface area (Å²) in [5.41, 5.74) is 0.198. The van der Waals surface area contributed by atoms with E-state index in [-0.39, 0.29) is 29.1 Å². The molecule has 1 N–H and O–H groups in total. The summed E-state index contributed by atoms with van der Waals surface area (Å²) in [6.45, 7) is 4.04. The largest absolute Gasteiger partial charge is 0.452 e. The van der Waals surface area contributed by atoms with Gasteiger partial charge in [0.1, 0.15) is 0 Å². The molecule has 0 bridgehead atoms. The van der Waals surface area contributed by atoms with E-state index in [1.807, 2.05) is 0 Å². The highest BCUT2D eigenvalue weighted by Gasteiger charge is 2.28. The monoisotopic (exact) mass is 357 g/mol. The first-order valence-electron chi connectivity index (χ1n) is 7.80. The Bertz CT molecular complexity index is 591. The van der Waals surface area contributed by atoms with E-state index < -0.39 is 5.97 Å². The third kappa shape index (κ3) is 4.85. The van der Waals surface area contributed by atoms with E-state index in [1.54, 1.807) is 6.07 Å². The average molecular weight is 358 g/mol. The maximum absolute atomic E-state index is 12.0. The van der Waals surface area contributed by atoms with Crippen molar-refractivity contribution in [1.82, 2.24) is 5.32 Å². The van der Waals surface area contributed by atoms with E-state index in [0.717, 1.165) is 12.8 Å². The van der Waals surface area contributed by atoms with Crippen LogP contribution in [0.4, 0.5) is 0 Å². The molecule has 1 aliphatic rings. The van der Waals surface area contributed by atoms with Crippen molar-refractivity contribution in [2.75, 3.05) is 6.61 Å². The highest BCUT2D eigenvalue weighted by Crippen LogP contribution is 2.29. The van der Waals surface area contributed by atoms with Gasteiger partial charge in [-0.1, -0.05) is 49.9 Å². The zero-order chi connectivity index (χ0) is 17.0. The molecule has 4 nitrogen and oxygen atoms in total. The quantitative estimate of drug-likeness (QED) is 0.825. The molecular weight excluding hydrogens is 337 g/mol. The fourth-order valence-electron chi connectivity index (χ4n) is 2.90. The first-order valence-corrected chi connectivity index (χ1v) is 8.55. The first-order chi connectivity index (χ1) is 10.9. The molecule has 0 spiro atoms. The maximum atomic E-state index is 12.0. The lowest BCUT2D eigenvalue weighted by molar-refractivity contribution is -0.125. The van der Waals surface area contributed by atoms with Crippen LogP contribution in [0.2, 0.25) is 10.0 Å². The fraction of sp³-hybridized carbons (Fsp3) is 0.529. The van der Waals surface area contributed by atoms with Crippen molar-refractivity contribution < 1.29 is 14.3 Å². The van der Waals surface area contributed by atoms with Crippen molar-refractivity contribution in [3.63, 3.8) is 0 Å². The van der Waals surface area contributed by atoms with Gasteiger partial charge in [0.2, 0.25) is 0 Å². The van der Waals surface area contributed by atoms with Crippen molar-refractivity contribution in [3.8, 4) is 0 Å². The fourth-order valence-corrected chi connectivity index (χ4v) is 3.38. The maximum Gasteiger partial charge on any atom is 0.340 e. The second kappa shape index (κ2) is 8.02. The molecule has 1 fully saturated rings. The number of carbonyl (C=O) groups is 2. The number of hydrogen-bond acceptors (Lipinski definition) is 3. The van der Waals surface area contributed by atoms with Gasteiger partial charge in [-0.05, 0) is 36.5 Å². The number of ether oxygens (including phenoxy) is 1. The molecule has 1 amide bonds. The minimum absolute atomic E-state index is 0.143. The molecule has 1 aromatic carbocycles. The lowest BCUT2D eigenvalue weighted by Crippen LogP contribution is -2.45. The summed E-state index contributed by atoms with van der Waals surface area (Å²) < 4.78 is 5.04. The van der Waals surface area contributed by atoms with E-state index in [1.165, 1.54) is 18.6 Å². The van der Waals surface area contributed by atoms with E-state index >= 15 is 0 Å². The first kappa shape index (κ1) is 18.1. The molecule has 0 unspecified atom stereocenters. The summed E-state index contributed by atoms with van der Waals surface area (Å²) in [6.07, 6.45) is 3.27. The predicted octanol–water partition coefficient (Wildman–Crippen LogP) is 4.09. The van der Waals surface area contributed by atoms with Crippen molar-refractivity contribution in [1.29, 1.82) is 0 Å². The van der Waals surface area contributed by atoms with E-state index in [4.69, 9.17) is 27.9 Å². The van der Waals surface area contributed by atoms with Gasteiger partial charge in [-0.25, -0.2) is 4.79 Å². The molecule has 0 heterocycles. The number of halogens is 2. The molecule has 3 atom stereocenters. The predicted molar refractivity (Wildman–Crippen MR) is 90.9 cm³/mol. The highest BCUT2D eigenvalue weighted by molar-refractivity contribution is 6.36. The lowest BCUT2D eigenvalue weighted by Gasteiger charge is -2.34. The van der Waals surface area contributed by atoms with Crippen LogP contribution in [0.3, 0.4) is 0 Å². The van der Waals surface area contributed by atoms with Crippen LogP contribution < -0.4 is 5.32 Å². The zero-order valence-electron chi connectivity index (χ0n) is 13.3. The molecule has 0 saturated heterocycles. The molecule has 1 aliphatic carbocycles. The second-order valence-corrected chi connectivity index (χ2v) is 6.99. The molecule has 23 heavy (non-hydrogen) atoms. The topological polar surface area (TPSA) is 55.4 Å². The van der Waals surface area contributed by atoms with Crippen LogP contribution in [0, 0.1) is 11.8 Å². The Morgan fingerprint density at radius 2 is 2.00 bits per heavy atom. The van der Waals surface area contributed by atoms with Crippen LogP contribution in [-0.2, 0) is 9.53 Å². The molecule has 126 valence electrons. The summed E-state index contributed by atoms with van der Waals surface area (Å²) in [5.74, 6) is 0.0971. The standard InChI is InChI=1S/C17H21Cl2NO3/c1-10-4-3-5-15(11(10)2)20-16(21)9-23-17(22)13-7-6-12(18)8-14(13)19/h6-8,10-11,15H,3-5,9H2,1-2H3,(H,20,21)/t10-,11+,15-/m0/s1. The Morgan fingerprint density at radius 1 is 1.26 bits per heavy atom. The number of rotatable bonds is 4. The minimum atomic E-state index is -0.633. The van der Waals surface area contributed by atoms with Crippen molar-refractivity contribution >= 4 is 35.1 Å². The summed E-state index contributed by atoms with van der Waals surface area (Å²) in [7, 11) is 0. The smallest absolute Gasteiger partial charge is 0.340 e. The third-order valence-electron chi connectivity index (χ3n) is 4.54. The molecular formula is C17H21Cl2NO3. The molecule has 0 radical (unpaired) electrons. The van der Waals surface area contributed by atoms with Crippen LogP contribution in [0.15, 0.2) is 18.2 Å². The summed E-state index contributed by atoms with van der Waals surface area (Å²) in [5, 5.41) is 3.60. The molecule has 0 aliphatic heterocycles. The van der Waals surface area contributed by atoms with Crippen LogP contribution in [0.5, 0.6) is 0 Å². The summed E-state index contributed by atoms with van der Waals surface area (Å²) >= 11 is 11.7. The van der Waals surface area contributed by atoms with E-state index in [2.05, 4.69) is 19.2 Å². The number of amides is 1. The van der Waals surface area contributed by atoms with Crippen LogP contribution in [0.1, 0.15) is 43.5 Å². The van der Waals surface area contributed by atoms with Gasteiger partial charge in [0.25, 0.3) is 5.91 Å². The van der Waals surface area contributed by atoms with Gasteiger partial charge in [-0.2, -0.15) is 0 Å². The average Bonchev–Trinajstić information content (AvgIpc) is 2.49.